The molecule has 0 aliphatic carbocycles. The number of aryl methyl sites for hydroxylation is 1. The van der Waals surface area contributed by atoms with Crippen molar-refractivity contribution in [1.82, 2.24) is 9.38 Å². The van der Waals surface area contributed by atoms with Crippen molar-refractivity contribution < 1.29 is 14.6 Å². The maximum atomic E-state index is 11.3. The predicted molar refractivity (Wildman–Crippen MR) is 83.3 cm³/mol. The zero-order valence-electron chi connectivity index (χ0n) is 12.2. The molecule has 3 rings (SSSR count). The first-order chi connectivity index (χ1) is 10.5. The van der Waals surface area contributed by atoms with Crippen LogP contribution in [0.5, 0.6) is 5.75 Å². The van der Waals surface area contributed by atoms with E-state index in [1.807, 2.05) is 25.1 Å². The molecule has 22 heavy (non-hydrogen) atoms. The van der Waals surface area contributed by atoms with Crippen LogP contribution in [0, 0.1) is 6.92 Å². The summed E-state index contributed by atoms with van der Waals surface area (Å²) in [7, 11) is 1.60. The molecule has 6 nitrogen and oxygen atoms in total. The number of methoxy groups -OCH3 is 1. The Hall–Kier alpha value is -3.02. The average molecular weight is 297 g/mol. The third-order valence-corrected chi connectivity index (χ3v) is 3.61. The fourth-order valence-electron chi connectivity index (χ4n) is 2.48. The SMILES string of the molecule is COc1ccc(-c2nc3c(C(=O)O)cccn3c2N)c(C)c1. The van der Waals surface area contributed by atoms with E-state index in [9.17, 15) is 9.90 Å². The van der Waals surface area contributed by atoms with Gasteiger partial charge >= 0.3 is 5.97 Å². The number of carboxylic acid groups (broad SMARTS) is 1. The van der Waals surface area contributed by atoms with Gasteiger partial charge in [0, 0.05) is 11.8 Å². The van der Waals surface area contributed by atoms with Gasteiger partial charge < -0.3 is 15.6 Å². The highest BCUT2D eigenvalue weighted by Gasteiger charge is 2.18. The van der Waals surface area contributed by atoms with E-state index in [0.717, 1.165) is 16.9 Å². The van der Waals surface area contributed by atoms with Gasteiger partial charge in [0.05, 0.1) is 7.11 Å². The number of hydrogen-bond acceptors (Lipinski definition) is 4. The molecule has 1 aromatic carbocycles. The van der Waals surface area contributed by atoms with Crippen molar-refractivity contribution in [1.29, 1.82) is 0 Å². The number of benzene rings is 1. The maximum Gasteiger partial charge on any atom is 0.339 e. The van der Waals surface area contributed by atoms with Crippen LogP contribution in [-0.2, 0) is 0 Å². The molecule has 6 heteroatoms. The van der Waals surface area contributed by atoms with E-state index in [0.29, 0.717) is 17.2 Å². The van der Waals surface area contributed by atoms with Crippen LogP contribution in [0.15, 0.2) is 36.5 Å². The molecule has 0 fully saturated rings. The Morgan fingerprint density at radius 2 is 2.14 bits per heavy atom. The molecule has 0 aliphatic heterocycles. The van der Waals surface area contributed by atoms with Crippen LogP contribution < -0.4 is 10.5 Å². The van der Waals surface area contributed by atoms with Crippen molar-refractivity contribution >= 4 is 17.4 Å². The number of carbonyl (C=O) groups is 1. The molecule has 0 atom stereocenters. The monoisotopic (exact) mass is 297 g/mol. The first-order valence-electron chi connectivity index (χ1n) is 6.67. The highest BCUT2D eigenvalue weighted by molar-refractivity contribution is 5.96. The van der Waals surface area contributed by atoms with Crippen molar-refractivity contribution in [3.05, 3.63) is 47.7 Å². The molecule has 0 saturated heterocycles. The number of fused-ring (bicyclic) bond motifs is 1. The minimum Gasteiger partial charge on any atom is -0.497 e. The first-order valence-corrected chi connectivity index (χ1v) is 6.67. The Morgan fingerprint density at radius 1 is 1.36 bits per heavy atom. The molecule has 0 spiro atoms. The van der Waals surface area contributed by atoms with Gasteiger partial charge in [-0.25, -0.2) is 9.78 Å². The summed E-state index contributed by atoms with van der Waals surface area (Å²) >= 11 is 0. The standard InChI is InChI=1S/C16H15N3O3/c1-9-8-10(22-2)5-6-11(9)13-14(17)19-7-3-4-12(16(20)21)15(19)18-13/h3-8H,17H2,1-2H3,(H,20,21). The second-order valence-electron chi connectivity index (χ2n) is 4.95. The lowest BCUT2D eigenvalue weighted by Gasteiger charge is -2.06. The molecular formula is C16H15N3O3. The highest BCUT2D eigenvalue weighted by Crippen LogP contribution is 2.31. The Labute approximate surface area is 126 Å². The van der Waals surface area contributed by atoms with Crippen LogP contribution >= 0.6 is 0 Å². The van der Waals surface area contributed by atoms with Crippen molar-refractivity contribution in [3.63, 3.8) is 0 Å². The molecule has 0 aliphatic rings. The van der Waals surface area contributed by atoms with E-state index in [2.05, 4.69) is 4.98 Å². The van der Waals surface area contributed by atoms with Gasteiger partial charge in [-0.15, -0.1) is 0 Å². The lowest BCUT2D eigenvalue weighted by Crippen LogP contribution is -2.01. The summed E-state index contributed by atoms with van der Waals surface area (Å²) in [5.74, 6) is 0.120. The molecule has 2 aromatic heterocycles. The van der Waals surface area contributed by atoms with Crippen LogP contribution in [0.2, 0.25) is 0 Å². The van der Waals surface area contributed by atoms with Crippen LogP contribution in [-0.4, -0.2) is 27.6 Å². The number of nitrogens with zero attached hydrogens (tertiary/aromatic N) is 2. The second-order valence-corrected chi connectivity index (χ2v) is 4.95. The maximum absolute atomic E-state index is 11.3. The van der Waals surface area contributed by atoms with E-state index in [1.165, 1.54) is 6.07 Å². The third kappa shape index (κ3) is 2.05. The predicted octanol–water partition coefficient (Wildman–Crippen LogP) is 2.60. The molecular weight excluding hydrogens is 282 g/mol. The summed E-state index contributed by atoms with van der Waals surface area (Å²) in [5.41, 5.74) is 8.96. The summed E-state index contributed by atoms with van der Waals surface area (Å²) in [5, 5.41) is 9.27. The summed E-state index contributed by atoms with van der Waals surface area (Å²) in [6, 6.07) is 8.72. The Kier molecular flexibility index (Phi) is 3.21. The van der Waals surface area contributed by atoms with Gasteiger partial charge in [0.1, 0.15) is 22.8 Å². The summed E-state index contributed by atoms with van der Waals surface area (Å²) in [4.78, 5) is 15.7. The summed E-state index contributed by atoms with van der Waals surface area (Å²) < 4.78 is 6.78. The van der Waals surface area contributed by atoms with E-state index >= 15 is 0 Å². The number of nitrogens with two attached hydrogens (primary N) is 1. The quantitative estimate of drug-likeness (QED) is 0.775. The smallest absolute Gasteiger partial charge is 0.339 e. The second kappa shape index (κ2) is 5.07. The summed E-state index contributed by atoms with van der Waals surface area (Å²) in [6.07, 6.45) is 1.70. The van der Waals surface area contributed by atoms with E-state index in [-0.39, 0.29) is 5.56 Å². The van der Waals surface area contributed by atoms with Gasteiger partial charge in [0.2, 0.25) is 0 Å². The number of carboxylic acids is 1. The molecule has 0 bridgehead atoms. The zero-order valence-corrected chi connectivity index (χ0v) is 12.2. The Balaban J connectivity index is 2.26. The first kappa shape index (κ1) is 13.9. The van der Waals surface area contributed by atoms with Gasteiger partial charge in [-0.1, -0.05) is 0 Å². The molecule has 112 valence electrons. The number of hydrogen-bond donors (Lipinski definition) is 2. The molecule has 0 saturated carbocycles. The van der Waals surface area contributed by atoms with Gasteiger partial charge in [-0.3, -0.25) is 4.40 Å². The topological polar surface area (TPSA) is 89.8 Å². The largest absolute Gasteiger partial charge is 0.497 e. The number of nitrogen functional groups attached to an aromatic ring is 1. The zero-order chi connectivity index (χ0) is 15.9. The lowest BCUT2D eigenvalue weighted by atomic mass is 10.1. The summed E-state index contributed by atoms with van der Waals surface area (Å²) in [6.45, 7) is 1.93. The van der Waals surface area contributed by atoms with Gasteiger partial charge in [-0.2, -0.15) is 0 Å². The fourth-order valence-corrected chi connectivity index (χ4v) is 2.48. The molecule has 2 heterocycles. The van der Waals surface area contributed by atoms with Crippen molar-refractivity contribution in [3.8, 4) is 17.0 Å². The molecule has 3 aromatic rings. The van der Waals surface area contributed by atoms with Crippen LogP contribution in [0.25, 0.3) is 16.9 Å². The number of rotatable bonds is 3. The molecule has 3 N–H and O–H groups in total. The normalized spacial score (nSPS) is 10.8. The third-order valence-electron chi connectivity index (χ3n) is 3.61. The van der Waals surface area contributed by atoms with Gasteiger partial charge in [-0.05, 0) is 42.8 Å². The fraction of sp³-hybridized carbons (Fsp3) is 0.125. The van der Waals surface area contributed by atoms with Gasteiger partial charge in [0.15, 0.2) is 5.65 Å². The number of ether oxygens (including phenoxy) is 1. The highest BCUT2D eigenvalue weighted by atomic mass is 16.5. The average Bonchev–Trinajstić information content (AvgIpc) is 2.84. The van der Waals surface area contributed by atoms with Crippen LogP contribution in [0.1, 0.15) is 15.9 Å². The van der Waals surface area contributed by atoms with E-state index in [4.69, 9.17) is 10.5 Å². The lowest BCUT2D eigenvalue weighted by molar-refractivity contribution is 0.0698. The number of aromatic carboxylic acids is 1. The Morgan fingerprint density at radius 3 is 2.77 bits per heavy atom. The molecule has 0 amide bonds. The minimum atomic E-state index is -1.03. The molecule has 0 radical (unpaired) electrons. The van der Waals surface area contributed by atoms with Gasteiger partial charge in [0.25, 0.3) is 0 Å². The number of imidazole rings is 1. The van der Waals surface area contributed by atoms with E-state index < -0.39 is 5.97 Å². The minimum absolute atomic E-state index is 0.117. The molecule has 0 unspecified atom stereocenters. The Bertz CT molecular complexity index is 884. The van der Waals surface area contributed by atoms with Crippen LogP contribution in [0.4, 0.5) is 5.82 Å². The van der Waals surface area contributed by atoms with Crippen molar-refractivity contribution in [2.75, 3.05) is 12.8 Å². The van der Waals surface area contributed by atoms with E-state index in [1.54, 1.807) is 23.8 Å². The number of pyridine rings is 1. The number of aromatic nitrogens is 2. The van der Waals surface area contributed by atoms with Crippen molar-refractivity contribution in [2.24, 2.45) is 0 Å². The van der Waals surface area contributed by atoms with Crippen molar-refractivity contribution in [2.45, 2.75) is 6.92 Å². The number of anilines is 1. The van der Waals surface area contributed by atoms with Crippen LogP contribution in [0.3, 0.4) is 0 Å².